The third kappa shape index (κ3) is 4.57. The number of likely N-dealkylation sites (tertiary alicyclic amines) is 1. The first-order valence-corrected chi connectivity index (χ1v) is 11.4. The van der Waals surface area contributed by atoms with Crippen LogP contribution in [0.4, 0.5) is 10.7 Å². The highest BCUT2D eigenvalue weighted by molar-refractivity contribution is 7.19. The molecule has 7 heteroatoms. The first-order valence-electron chi connectivity index (χ1n) is 10.5. The van der Waals surface area contributed by atoms with E-state index in [0.717, 1.165) is 42.1 Å². The van der Waals surface area contributed by atoms with Crippen molar-refractivity contribution in [2.24, 2.45) is 0 Å². The van der Waals surface area contributed by atoms with Gasteiger partial charge < -0.3 is 20.8 Å². The molecule has 4 N–H and O–H groups in total. The fourth-order valence-corrected chi connectivity index (χ4v) is 5.09. The summed E-state index contributed by atoms with van der Waals surface area (Å²) in [6.45, 7) is 6.09. The normalized spacial score (nSPS) is 22.2. The predicted molar refractivity (Wildman–Crippen MR) is 119 cm³/mol. The minimum atomic E-state index is -0.112. The monoisotopic (exact) mass is 414 g/mol. The van der Waals surface area contributed by atoms with Gasteiger partial charge in [-0.05, 0) is 62.9 Å². The molecule has 1 aromatic heterocycles. The Morgan fingerprint density at radius 1 is 1.34 bits per heavy atom. The van der Waals surface area contributed by atoms with Crippen LogP contribution in [0.1, 0.15) is 47.3 Å². The highest BCUT2D eigenvalue weighted by Gasteiger charge is 2.28. The highest BCUT2D eigenvalue weighted by Crippen LogP contribution is 2.37. The number of ketones is 1. The third-order valence-corrected chi connectivity index (χ3v) is 7.05. The Bertz CT molecular complexity index is 849. The van der Waals surface area contributed by atoms with E-state index in [1.165, 1.54) is 43.7 Å². The van der Waals surface area contributed by atoms with Gasteiger partial charge in [0.2, 0.25) is 5.78 Å². The quantitative estimate of drug-likeness (QED) is 0.589. The lowest BCUT2D eigenvalue weighted by Gasteiger charge is -2.26. The summed E-state index contributed by atoms with van der Waals surface area (Å²) >= 11 is 1.42. The number of thiophene rings is 1. The predicted octanol–water partition coefficient (Wildman–Crippen LogP) is 3.78. The van der Waals surface area contributed by atoms with E-state index in [4.69, 9.17) is 10.6 Å². The number of piperidine rings is 1. The second kappa shape index (κ2) is 9.15. The van der Waals surface area contributed by atoms with Crippen LogP contribution in [0.5, 0.6) is 0 Å². The van der Waals surface area contributed by atoms with Crippen molar-refractivity contribution in [2.75, 3.05) is 37.2 Å². The van der Waals surface area contributed by atoms with E-state index in [-0.39, 0.29) is 11.8 Å². The van der Waals surface area contributed by atoms with Crippen molar-refractivity contribution in [1.29, 1.82) is 0 Å². The number of nitrogens with zero attached hydrogens (tertiary/aromatic N) is 1. The number of nitrogens with two attached hydrogens (primary N) is 1. The fraction of sp³-hybridized carbons (Fsp3) is 0.500. The molecule has 29 heavy (non-hydrogen) atoms. The van der Waals surface area contributed by atoms with Crippen molar-refractivity contribution >= 4 is 27.8 Å². The summed E-state index contributed by atoms with van der Waals surface area (Å²) in [5, 5.41) is 4.31. The van der Waals surface area contributed by atoms with E-state index >= 15 is 0 Å². The van der Waals surface area contributed by atoms with Crippen LogP contribution in [0.25, 0.3) is 0 Å². The van der Waals surface area contributed by atoms with E-state index in [1.807, 2.05) is 13.0 Å². The van der Waals surface area contributed by atoms with Crippen molar-refractivity contribution in [3.63, 3.8) is 0 Å². The number of hydroxylamine groups is 1. The molecule has 0 saturated carbocycles. The number of carbonyl (C=O) groups excluding carboxylic acids is 1. The average molecular weight is 415 g/mol. The van der Waals surface area contributed by atoms with Crippen molar-refractivity contribution in [3.05, 3.63) is 46.1 Å². The van der Waals surface area contributed by atoms with E-state index in [2.05, 4.69) is 33.9 Å². The first-order chi connectivity index (χ1) is 14.1. The van der Waals surface area contributed by atoms with Gasteiger partial charge in [0, 0.05) is 13.1 Å². The molecule has 2 aliphatic heterocycles. The van der Waals surface area contributed by atoms with Gasteiger partial charge in [0.25, 0.3) is 0 Å². The number of hydrogen-bond acceptors (Lipinski definition) is 7. The molecular formula is C22H30N4O2S. The van der Waals surface area contributed by atoms with Gasteiger partial charge in [0.15, 0.2) is 5.76 Å². The molecule has 1 saturated heterocycles. The molecule has 1 aliphatic carbocycles. The highest BCUT2D eigenvalue weighted by atomic mass is 32.1. The first kappa shape index (κ1) is 20.2. The average Bonchev–Trinajstić information content (AvgIpc) is 3.36. The zero-order chi connectivity index (χ0) is 20.2. The van der Waals surface area contributed by atoms with Gasteiger partial charge in [0.05, 0.1) is 16.6 Å². The van der Waals surface area contributed by atoms with E-state index < -0.39 is 0 Å². The smallest absolute Gasteiger partial charge is 0.240 e. The van der Waals surface area contributed by atoms with Gasteiger partial charge in [-0.15, -0.1) is 16.8 Å². The van der Waals surface area contributed by atoms with Crippen molar-refractivity contribution in [3.8, 4) is 0 Å². The Morgan fingerprint density at radius 3 is 2.93 bits per heavy atom. The van der Waals surface area contributed by atoms with Gasteiger partial charge in [-0.3, -0.25) is 4.79 Å². The van der Waals surface area contributed by atoms with Gasteiger partial charge >= 0.3 is 0 Å². The zero-order valence-electron chi connectivity index (χ0n) is 17.0. The van der Waals surface area contributed by atoms with Gasteiger partial charge in [-0.25, -0.2) is 0 Å². The molecule has 1 atom stereocenters. The lowest BCUT2D eigenvalue weighted by atomic mass is 10.00. The number of rotatable bonds is 7. The second-order valence-electron chi connectivity index (χ2n) is 7.87. The number of carbonyl (C=O) groups is 1. The van der Waals surface area contributed by atoms with Crippen LogP contribution in [0.2, 0.25) is 0 Å². The zero-order valence-corrected chi connectivity index (χ0v) is 17.8. The van der Waals surface area contributed by atoms with Crippen LogP contribution in [-0.4, -0.2) is 42.9 Å². The Kier molecular flexibility index (Phi) is 6.37. The minimum absolute atomic E-state index is 0.0785. The summed E-state index contributed by atoms with van der Waals surface area (Å²) < 4.78 is 0. The molecular weight excluding hydrogens is 384 g/mol. The summed E-state index contributed by atoms with van der Waals surface area (Å²) in [6, 6.07) is -0.0785. The van der Waals surface area contributed by atoms with Crippen molar-refractivity contribution in [1.82, 2.24) is 10.4 Å². The maximum Gasteiger partial charge on any atom is 0.240 e. The summed E-state index contributed by atoms with van der Waals surface area (Å²) in [6.07, 6.45) is 14.3. The Morgan fingerprint density at radius 2 is 2.17 bits per heavy atom. The molecule has 4 rings (SSSR count). The number of hydrogen-bond donors (Lipinski definition) is 3. The van der Waals surface area contributed by atoms with Gasteiger partial charge in [-0.2, -0.15) is 0 Å². The Hall–Kier alpha value is -2.09. The number of nitrogens with one attached hydrogen (secondary N) is 2. The Balaban J connectivity index is 1.40. The molecule has 0 aromatic carbocycles. The SMILES string of the molecule is Cc1c(C(=O)C2=CC(C3=CCCC=C3)NO2)sc(NCCN2CCCCC2)c1N. The Labute approximate surface area is 176 Å². The summed E-state index contributed by atoms with van der Waals surface area (Å²) in [7, 11) is 0. The molecule has 6 nitrogen and oxygen atoms in total. The molecule has 0 radical (unpaired) electrons. The topological polar surface area (TPSA) is 79.6 Å². The molecule has 156 valence electrons. The van der Waals surface area contributed by atoms with Crippen LogP contribution in [0.15, 0.2) is 35.6 Å². The fourth-order valence-electron chi connectivity index (χ4n) is 3.99. The molecule has 3 heterocycles. The van der Waals surface area contributed by atoms with Crippen LogP contribution in [0, 0.1) is 6.92 Å². The maximum atomic E-state index is 13.0. The maximum absolute atomic E-state index is 13.0. The standard InChI is InChI=1S/C22H30N4O2S/c1-15-19(23)22(24-10-13-26-11-6-3-7-12-26)29-21(15)20(27)18-14-17(25-28-18)16-8-4-2-5-9-16/h4,8-9,14,17,24-25H,2-3,5-7,10-13,23H2,1H3. The minimum Gasteiger partial charge on any atom is -0.404 e. The number of Topliss-reactive ketones (excluding diaryl/α,β-unsaturated/α-hetero) is 1. The lowest BCUT2D eigenvalue weighted by Crippen LogP contribution is -2.33. The second-order valence-corrected chi connectivity index (χ2v) is 8.89. The molecule has 3 aliphatic rings. The molecule has 0 spiro atoms. The molecule has 0 bridgehead atoms. The van der Waals surface area contributed by atoms with Crippen molar-refractivity contribution < 1.29 is 9.63 Å². The largest absolute Gasteiger partial charge is 0.404 e. The summed E-state index contributed by atoms with van der Waals surface area (Å²) in [4.78, 5) is 21.7. The summed E-state index contributed by atoms with van der Waals surface area (Å²) in [5.41, 5.74) is 11.9. The van der Waals surface area contributed by atoms with Gasteiger partial charge in [-0.1, -0.05) is 24.6 Å². The summed E-state index contributed by atoms with van der Waals surface area (Å²) in [5.74, 6) is 0.234. The van der Waals surface area contributed by atoms with Gasteiger partial charge in [0.1, 0.15) is 5.00 Å². The molecule has 0 amide bonds. The van der Waals surface area contributed by atoms with E-state index in [9.17, 15) is 4.79 Å². The molecule has 1 aromatic rings. The van der Waals surface area contributed by atoms with E-state index in [0.29, 0.717) is 16.3 Å². The van der Waals surface area contributed by atoms with Crippen molar-refractivity contribution in [2.45, 2.75) is 45.1 Å². The van der Waals surface area contributed by atoms with Crippen LogP contribution < -0.4 is 16.5 Å². The number of allylic oxidation sites excluding steroid dienone is 3. The van der Waals surface area contributed by atoms with Crippen LogP contribution in [-0.2, 0) is 4.84 Å². The molecule has 1 unspecified atom stereocenters. The molecule has 1 fully saturated rings. The van der Waals surface area contributed by atoms with E-state index in [1.54, 1.807) is 0 Å². The number of anilines is 2. The van der Waals surface area contributed by atoms with Crippen LogP contribution in [0.3, 0.4) is 0 Å². The number of nitrogen functional groups attached to an aromatic ring is 1. The third-order valence-electron chi connectivity index (χ3n) is 5.78. The van der Waals surface area contributed by atoms with Crippen LogP contribution >= 0.6 is 11.3 Å². The lowest BCUT2D eigenvalue weighted by molar-refractivity contribution is 0.0806.